The second-order valence-electron chi connectivity index (χ2n) is 6.49. The third kappa shape index (κ3) is 3.71. The molecule has 4 rings (SSSR count). The van der Waals surface area contributed by atoms with Crippen molar-refractivity contribution in [2.75, 3.05) is 0 Å². The highest BCUT2D eigenvalue weighted by molar-refractivity contribution is 7.98. The Balaban J connectivity index is 1.46. The first kappa shape index (κ1) is 18.0. The van der Waals surface area contributed by atoms with Crippen LogP contribution in [0.1, 0.15) is 34.5 Å². The van der Waals surface area contributed by atoms with E-state index < -0.39 is 11.7 Å². The van der Waals surface area contributed by atoms with Crippen LogP contribution >= 0.6 is 11.8 Å². The molecule has 1 aliphatic rings. The van der Waals surface area contributed by atoms with E-state index in [1.807, 2.05) is 23.7 Å². The Bertz CT molecular complexity index is 964. The van der Waals surface area contributed by atoms with Crippen LogP contribution in [0.25, 0.3) is 5.82 Å². The van der Waals surface area contributed by atoms with Gasteiger partial charge in [-0.15, -0.1) is 10.2 Å². The standard InChI is InChI=1S/C19H17F3N4S/c1-12-15-6-3-7-16(15)25-26(12)17-8-9-18(24-23-17)27-11-13-4-2-5-14(10-13)19(20,21)22/h2,4-5,8-10H,3,6-7,11H2,1H3. The zero-order valence-corrected chi connectivity index (χ0v) is 15.4. The maximum atomic E-state index is 12.8. The topological polar surface area (TPSA) is 43.6 Å². The Morgan fingerprint density at radius 1 is 1.11 bits per heavy atom. The number of aryl methyl sites for hydroxylation is 1. The monoisotopic (exact) mass is 390 g/mol. The van der Waals surface area contributed by atoms with Crippen molar-refractivity contribution in [2.24, 2.45) is 0 Å². The molecule has 0 radical (unpaired) electrons. The van der Waals surface area contributed by atoms with Gasteiger partial charge in [0.1, 0.15) is 5.03 Å². The van der Waals surface area contributed by atoms with Gasteiger partial charge in [0.2, 0.25) is 0 Å². The lowest BCUT2D eigenvalue weighted by molar-refractivity contribution is -0.137. The van der Waals surface area contributed by atoms with E-state index in [0.717, 1.165) is 36.7 Å². The summed E-state index contributed by atoms with van der Waals surface area (Å²) in [5.74, 6) is 1.05. The minimum Gasteiger partial charge on any atom is -0.217 e. The fourth-order valence-electron chi connectivity index (χ4n) is 3.27. The summed E-state index contributed by atoms with van der Waals surface area (Å²) in [6, 6.07) is 9.02. The summed E-state index contributed by atoms with van der Waals surface area (Å²) in [7, 11) is 0. The summed E-state index contributed by atoms with van der Waals surface area (Å²) in [6.45, 7) is 2.04. The molecule has 2 aromatic heterocycles. The van der Waals surface area contributed by atoms with E-state index in [4.69, 9.17) is 0 Å². The Hall–Kier alpha value is -2.35. The summed E-state index contributed by atoms with van der Waals surface area (Å²) in [5, 5.41) is 13.7. The second kappa shape index (κ2) is 6.99. The fraction of sp³-hybridized carbons (Fsp3) is 0.316. The summed E-state index contributed by atoms with van der Waals surface area (Å²) in [4.78, 5) is 0. The first-order valence-electron chi connectivity index (χ1n) is 8.62. The number of hydrogen-bond acceptors (Lipinski definition) is 4. The van der Waals surface area contributed by atoms with Gasteiger partial charge in [-0.3, -0.25) is 0 Å². The second-order valence-corrected chi connectivity index (χ2v) is 7.49. The number of hydrogen-bond donors (Lipinski definition) is 0. The molecule has 0 aliphatic heterocycles. The van der Waals surface area contributed by atoms with Crippen molar-refractivity contribution in [3.63, 3.8) is 0 Å². The predicted molar refractivity (Wildman–Crippen MR) is 96.9 cm³/mol. The first-order chi connectivity index (χ1) is 12.9. The van der Waals surface area contributed by atoms with Gasteiger partial charge in [0.05, 0.1) is 11.3 Å². The lowest BCUT2D eigenvalue weighted by Crippen LogP contribution is -2.05. The number of alkyl halides is 3. The number of nitrogens with zero attached hydrogens (tertiary/aromatic N) is 4. The third-order valence-corrected chi connectivity index (χ3v) is 5.64. The van der Waals surface area contributed by atoms with Gasteiger partial charge in [-0.25, -0.2) is 4.68 Å². The normalized spacial score (nSPS) is 13.8. The van der Waals surface area contributed by atoms with Crippen LogP contribution < -0.4 is 0 Å². The Morgan fingerprint density at radius 3 is 2.67 bits per heavy atom. The molecule has 0 fully saturated rings. The zero-order valence-electron chi connectivity index (χ0n) is 14.6. The maximum absolute atomic E-state index is 12.8. The molecule has 140 valence electrons. The average molecular weight is 390 g/mol. The van der Waals surface area contributed by atoms with E-state index in [-0.39, 0.29) is 0 Å². The Morgan fingerprint density at radius 2 is 1.96 bits per heavy atom. The van der Waals surface area contributed by atoms with Crippen molar-refractivity contribution in [1.29, 1.82) is 0 Å². The van der Waals surface area contributed by atoms with Gasteiger partial charge in [0.15, 0.2) is 5.82 Å². The van der Waals surface area contributed by atoms with Crippen molar-refractivity contribution in [3.8, 4) is 5.82 Å². The number of halogens is 3. The van der Waals surface area contributed by atoms with E-state index in [9.17, 15) is 13.2 Å². The molecule has 0 saturated carbocycles. The summed E-state index contributed by atoms with van der Waals surface area (Å²) < 4.78 is 40.2. The molecule has 8 heteroatoms. The van der Waals surface area contributed by atoms with E-state index >= 15 is 0 Å². The summed E-state index contributed by atoms with van der Waals surface area (Å²) >= 11 is 1.35. The van der Waals surface area contributed by atoms with Crippen LogP contribution in [-0.4, -0.2) is 20.0 Å². The molecular weight excluding hydrogens is 373 g/mol. The van der Waals surface area contributed by atoms with E-state index in [2.05, 4.69) is 15.3 Å². The van der Waals surface area contributed by atoms with Gasteiger partial charge < -0.3 is 0 Å². The van der Waals surface area contributed by atoms with Crippen LogP contribution in [0.5, 0.6) is 0 Å². The molecule has 1 aromatic carbocycles. The molecule has 0 bridgehead atoms. The lowest BCUT2D eigenvalue weighted by Gasteiger charge is -2.08. The van der Waals surface area contributed by atoms with Crippen molar-refractivity contribution in [2.45, 2.75) is 43.1 Å². The first-order valence-corrected chi connectivity index (χ1v) is 9.61. The van der Waals surface area contributed by atoms with Crippen LogP contribution in [-0.2, 0) is 24.8 Å². The number of thioether (sulfide) groups is 1. The number of rotatable bonds is 4. The zero-order chi connectivity index (χ0) is 19.0. The molecule has 0 spiro atoms. The van der Waals surface area contributed by atoms with Crippen LogP contribution in [0, 0.1) is 6.92 Å². The molecule has 1 aliphatic carbocycles. The van der Waals surface area contributed by atoms with Gasteiger partial charge in [-0.05, 0) is 55.5 Å². The minimum absolute atomic E-state index is 0.396. The molecule has 0 saturated heterocycles. The van der Waals surface area contributed by atoms with Gasteiger partial charge in [0, 0.05) is 11.4 Å². The van der Waals surface area contributed by atoms with Crippen molar-refractivity contribution in [3.05, 3.63) is 64.5 Å². The van der Waals surface area contributed by atoms with Crippen LogP contribution in [0.2, 0.25) is 0 Å². The number of aromatic nitrogens is 4. The summed E-state index contributed by atoms with van der Waals surface area (Å²) in [5.41, 5.74) is 3.50. The Kier molecular flexibility index (Phi) is 4.67. The molecule has 3 aromatic rings. The van der Waals surface area contributed by atoms with Crippen LogP contribution in [0.4, 0.5) is 13.2 Å². The SMILES string of the molecule is Cc1c2c(nn1-c1ccc(SCc3cccc(C(F)(F)F)c3)nn1)CCC2. The number of fused-ring (bicyclic) bond motifs is 1. The van der Waals surface area contributed by atoms with Crippen LogP contribution in [0.3, 0.4) is 0 Å². The molecule has 27 heavy (non-hydrogen) atoms. The molecule has 0 N–H and O–H groups in total. The molecular formula is C19H17F3N4S. The maximum Gasteiger partial charge on any atom is 0.416 e. The highest BCUT2D eigenvalue weighted by Gasteiger charge is 2.30. The Labute approximate surface area is 158 Å². The highest BCUT2D eigenvalue weighted by Crippen LogP contribution is 2.31. The molecule has 2 heterocycles. The van der Waals surface area contributed by atoms with Gasteiger partial charge in [0.25, 0.3) is 0 Å². The van der Waals surface area contributed by atoms with E-state index in [0.29, 0.717) is 22.2 Å². The smallest absolute Gasteiger partial charge is 0.217 e. The van der Waals surface area contributed by atoms with Gasteiger partial charge >= 0.3 is 6.18 Å². The third-order valence-electron chi connectivity index (χ3n) is 4.65. The van der Waals surface area contributed by atoms with E-state index in [1.54, 1.807) is 6.07 Å². The van der Waals surface area contributed by atoms with Crippen molar-refractivity contribution >= 4 is 11.8 Å². The average Bonchev–Trinajstić information content (AvgIpc) is 3.23. The molecule has 0 unspecified atom stereocenters. The minimum atomic E-state index is -4.33. The largest absolute Gasteiger partial charge is 0.416 e. The molecule has 4 nitrogen and oxygen atoms in total. The predicted octanol–water partition coefficient (Wildman–Crippen LogP) is 4.77. The van der Waals surface area contributed by atoms with Gasteiger partial charge in [-0.2, -0.15) is 18.3 Å². The summed E-state index contributed by atoms with van der Waals surface area (Å²) in [6.07, 6.45) is -1.12. The van der Waals surface area contributed by atoms with Gasteiger partial charge in [-0.1, -0.05) is 30.0 Å². The van der Waals surface area contributed by atoms with Crippen molar-refractivity contribution < 1.29 is 13.2 Å². The fourth-order valence-corrected chi connectivity index (χ4v) is 4.03. The number of benzene rings is 1. The highest BCUT2D eigenvalue weighted by atomic mass is 32.2. The van der Waals surface area contributed by atoms with Crippen LogP contribution in [0.15, 0.2) is 41.4 Å². The van der Waals surface area contributed by atoms with Crippen molar-refractivity contribution in [1.82, 2.24) is 20.0 Å². The van der Waals surface area contributed by atoms with E-state index in [1.165, 1.54) is 29.5 Å². The molecule has 0 amide bonds. The quantitative estimate of drug-likeness (QED) is 0.602. The lowest BCUT2D eigenvalue weighted by atomic mass is 10.1. The molecule has 0 atom stereocenters.